The molecule has 0 radical (unpaired) electrons. The molecule has 1 heterocycles. The number of hydrogen-bond donors (Lipinski definition) is 1. The molecule has 0 unspecified atom stereocenters. The Hall–Kier alpha value is -2.26. The van der Waals surface area contributed by atoms with Crippen LogP contribution < -0.4 is 5.32 Å². The Kier molecular flexibility index (Phi) is 7.02. The van der Waals surface area contributed by atoms with Gasteiger partial charge in [-0.1, -0.05) is 24.3 Å². The van der Waals surface area contributed by atoms with Crippen LogP contribution in [0.2, 0.25) is 0 Å². The van der Waals surface area contributed by atoms with Gasteiger partial charge < -0.3 is 15.0 Å². The molecular formula is C21H27N3O4S. The zero-order valence-electron chi connectivity index (χ0n) is 16.8. The highest BCUT2D eigenvalue weighted by Crippen LogP contribution is 2.22. The van der Waals surface area contributed by atoms with E-state index in [9.17, 15) is 13.2 Å². The molecule has 1 amide bonds. The normalized spacial score (nSPS) is 15.4. The molecule has 0 saturated carbocycles. The van der Waals surface area contributed by atoms with Crippen LogP contribution in [-0.2, 0) is 21.2 Å². The number of ether oxygens (including phenoxy) is 1. The van der Waals surface area contributed by atoms with Crippen LogP contribution in [0.1, 0.15) is 15.9 Å². The first kappa shape index (κ1) is 21.4. The van der Waals surface area contributed by atoms with E-state index < -0.39 is 15.9 Å². The van der Waals surface area contributed by atoms with Crippen LogP contribution in [0.4, 0.5) is 5.69 Å². The highest BCUT2D eigenvalue weighted by molar-refractivity contribution is 7.89. The average Bonchev–Trinajstić information content (AvgIpc) is 2.74. The van der Waals surface area contributed by atoms with E-state index >= 15 is 0 Å². The summed E-state index contributed by atoms with van der Waals surface area (Å²) in [6.45, 7) is 2.22. The molecule has 1 fully saturated rings. The van der Waals surface area contributed by atoms with Crippen LogP contribution in [0.25, 0.3) is 0 Å². The molecule has 0 spiro atoms. The Morgan fingerprint density at radius 1 is 1.07 bits per heavy atom. The van der Waals surface area contributed by atoms with Crippen molar-refractivity contribution in [2.45, 2.75) is 11.3 Å². The minimum absolute atomic E-state index is 0.0157. The van der Waals surface area contributed by atoms with Crippen molar-refractivity contribution in [1.82, 2.24) is 9.21 Å². The van der Waals surface area contributed by atoms with Crippen molar-refractivity contribution in [2.24, 2.45) is 0 Å². The molecule has 156 valence electrons. The van der Waals surface area contributed by atoms with Gasteiger partial charge in [-0.2, -0.15) is 4.31 Å². The molecular weight excluding hydrogens is 390 g/mol. The maximum absolute atomic E-state index is 13.0. The van der Waals surface area contributed by atoms with Gasteiger partial charge in [0, 0.05) is 25.3 Å². The number of nitrogens with zero attached hydrogens (tertiary/aromatic N) is 2. The molecule has 8 heteroatoms. The largest absolute Gasteiger partial charge is 0.379 e. The predicted molar refractivity (Wildman–Crippen MR) is 113 cm³/mol. The van der Waals surface area contributed by atoms with E-state index in [2.05, 4.69) is 10.2 Å². The number of rotatable bonds is 7. The molecule has 1 N–H and O–H groups in total. The summed E-state index contributed by atoms with van der Waals surface area (Å²) in [5.41, 5.74) is 1.94. The lowest BCUT2D eigenvalue weighted by Gasteiger charge is -2.26. The van der Waals surface area contributed by atoms with Crippen LogP contribution >= 0.6 is 0 Å². The number of likely N-dealkylation sites (N-methyl/N-ethyl adjacent to an activating group) is 1. The zero-order valence-corrected chi connectivity index (χ0v) is 17.6. The van der Waals surface area contributed by atoms with E-state index in [1.54, 1.807) is 12.1 Å². The number of hydrogen-bond acceptors (Lipinski definition) is 5. The first-order chi connectivity index (χ1) is 13.9. The van der Waals surface area contributed by atoms with E-state index in [0.29, 0.717) is 18.9 Å². The van der Waals surface area contributed by atoms with Gasteiger partial charge in [0.25, 0.3) is 5.91 Å². The van der Waals surface area contributed by atoms with Crippen LogP contribution in [0.15, 0.2) is 53.4 Å². The molecule has 3 rings (SSSR count). The topological polar surface area (TPSA) is 79.0 Å². The van der Waals surface area contributed by atoms with Gasteiger partial charge in [-0.3, -0.25) is 4.79 Å². The number of sulfonamides is 1. The van der Waals surface area contributed by atoms with E-state index in [1.807, 2.05) is 38.4 Å². The van der Waals surface area contributed by atoms with Gasteiger partial charge >= 0.3 is 0 Å². The Bertz CT molecular complexity index is 937. The second kappa shape index (κ2) is 9.49. The minimum Gasteiger partial charge on any atom is -0.379 e. The fourth-order valence-electron chi connectivity index (χ4n) is 3.11. The highest BCUT2D eigenvalue weighted by Gasteiger charge is 2.30. The quantitative estimate of drug-likeness (QED) is 0.746. The number of carbonyl (C=O) groups excluding carboxylic acids is 1. The van der Waals surface area contributed by atoms with Gasteiger partial charge in [-0.15, -0.1) is 0 Å². The van der Waals surface area contributed by atoms with Crippen molar-refractivity contribution in [3.63, 3.8) is 0 Å². The summed E-state index contributed by atoms with van der Waals surface area (Å²) in [6, 6.07) is 13.9. The lowest BCUT2D eigenvalue weighted by Crippen LogP contribution is -2.41. The highest BCUT2D eigenvalue weighted by atomic mass is 32.2. The fraction of sp³-hybridized carbons (Fsp3) is 0.381. The van der Waals surface area contributed by atoms with E-state index in [-0.39, 0.29) is 23.5 Å². The van der Waals surface area contributed by atoms with Crippen molar-refractivity contribution < 1.29 is 17.9 Å². The Morgan fingerprint density at radius 2 is 1.72 bits per heavy atom. The maximum Gasteiger partial charge on any atom is 0.257 e. The van der Waals surface area contributed by atoms with Gasteiger partial charge in [-0.25, -0.2) is 8.42 Å². The molecule has 1 aliphatic heterocycles. The van der Waals surface area contributed by atoms with Crippen molar-refractivity contribution in [3.05, 3.63) is 59.7 Å². The summed E-state index contributed by atoms with van der Waals surface area (Å²) in [6.07, 6.45) is 0.919. The third kappa shape index (κ3) is 5.42. The molecule has 1 aliphatic rings. The molecule has 0 bridgehead atoms. The van der Waals surface area contributed by atoms with Crippen LogP contribution in [0.5, 0.6) is 0 Å². The van der Waals surface area contributed by atoms with Crippen molar-refractivity contribution >= 4 is 21.6 Å². The number of anilines is 1. The second-order valence-electron chi connectivity index (χ2n) is 7.22. The lowest BCUT2D eigenvalue weighted by atomic mass is 10.1. The van der Waals surface area contributed by atoms with Gasteiger partial charge in [0.2, 0.25) is 10.0 Å². The van der Waals surface area contributed by atoms with Gasteiger partial charge in [0.15, 0.2) is 0 Å². The van der Waals surface area contributed by atoms with Crippen LogP contribution in [0, 0.1) is 0 Å². The molecule has 0 aliphatic carbocycles. The van der Waals surface area contributed by atoms with Gasteiger partial charge in [0.1, 0.15) is 0 Å². The summed E-state index contributed by atoms with van der Waals surface area (Å²) in [5.74, 6) is -0.446. The molecule has 0 atom stereocenters. The third-order valence-electron chi connectivity index (χ3n) is 4.78. The SMILES string of the molecule is CN(C)CCc1ccc(NC(=O)c2ccccc2S(=O)(=O)N2CCOCC2)cc1. The van der Waals surface area contributed by atoms with E-state index in [1.165, 1.54) is 22.0 Å². The smallest absolute Gasteiger partial charge is 0.257 e. The van der Waals surface area contributed by atoms with Crippen molar-refractivity contribution in [2.75, 3.05) is 52.3 Å². The molecule has 2 aromatic carbocycles. The Balaban J connectivity index is 1.76. The lowest BCUT2D eigenvalue weighted by molar-refractivity contribution is 0.0730. The third-order valence-corrected chi connectivity index (χ3v) is 6.74. The van der Waals surface area contributed by atoms with Crippen molar-refractivity contribution in [3.8, 4) is 0 Å². The predicted octanol–water partition coefficient (Wildman–Crippen LogP) is 2.06. The van der Waals surface area contributed by atoms with Gasteiger partial charge in [-0.05, 0) is 50.3 Å². The Labute approximate surface area is 172 Å². The zero-order chi connectivity index (χ0) is 20.9. The van der Waals surface area contributed by atoms with Gasteiger partial charge in [0.05, 0.1) is 23.7 Å². The van der Waals surface area contributed by atoms with E-state index in [4.69, 9.17) is 4.74 Å². The minimum atomic E-state index is -3.76. The van der Waals surface area contributed by atoms with E-state index in [0.717, 1.165) is 13.0 Å². The summed E-state index contributed by atoms with van der Waals surface area (Å²) < 4.78 is 32.6. The maximum atomic E-state index is 13.0. The summed E-state index contributed by atoms with van der Waals surface area (Å²) >= 11 is 0. The molecule has 0 aromatic heterocycles. The number of nitrogens with one attached hydrogen (secondary N) is 1. The molecule has 7 nitrogen and oxygen atoms in total. The van der Waals surface area contributed by atoms with Crippen LogP contribution in [-0.4, -0.2) is 70.5 Å². The fourth-order valence-corrected chi connectivity index (χ4v) is 4.71. The number of morpholine rings is 1. The summed E-state index contributed by atoms with van der Waals surface area (Å²) in [4.78, 5) is 15.0. The van der Waals surface area contributed by atoms with Crippen LogP contribution in [0.3, 0.4) is 0 Å². The molecule has 29 heavy (non-hydrogen) atoms. The number of benzene rings is 2. The average molecular weight is 418 g/mol. The monoisotopic (exact) mass is 417 g/mol. The summed E-state index contributed by atoms with van der Waals surface area (Å²) in [5, 5.41) is 2.81. The standard InChI is InChI=1S/C21H27N3O4S/c1-23(2)12-11-17-7-9-18(10-8-17)22-21(25)19-5-3-4-6-20(19)29(26,27)24-13-15-28-16-14-24/h3-10H,11-16H2,1-2H3,(H,22,25). The number of amides is 1. The first-order valence-corrected chi connectivity index (χ1v) is 11.0. The second-order valence-corrected chi connectivity index (χ2v) is 9.12. The Morgan fingerprint density at radius 3 is 2.38 bits per heavy atom. The molecule has 2 aromatic rings. The summed E-state index contributed by atoms with van der Waals surface area (Å²) in [7, 11) is 0.285. The van der Waals surface area contributed by atoms with Crippen molar-refractivity contribution in [1.29, 1.82) is 0 Å². The first-order valence-electron chi connectivity index (χ1n) is 9.60. The number of carbonyl (C=O) groups is 1. The molecule has 1 saturated heterocycles.